The first-order valence-electron chi connectivity index (χ1n) is 11.6. The van der Waals surface area contributed by atoms with Gasteiger partial charge in [-0.1, -0.05) is 32.0 Å². The highest BCUT2D eigenvalue weighted by Gasteiger charge is 2.35. The van der Waals surface area contributed by atoms with Gasteiger partial charge in [0.05, 0.1) is 12.6 Å². The number of likely N-dealkylation sites (N-methyl/N-ethyl adjacent to an activating group) is 1. The number of nitrogens with one attached hydrogen (secondary N) is 2. The Kier molecular flexibility index (Phi) is 7.02. The molecule has 1 aromatic carbocycles. The molecule has 1 amide bonds. The summed E-state index contributed by atoms with van der Waals surface area (Å²) >= 11 is 1.87. The largest absolute Gasteiger partial charge is 0.326 e. The zero-order chi connectivity index (χ0) is 22.0. The number of quaternary nitrogens is 1. The summed E-state index contributed by atoms with van der Waals surface area (Å²) in [5.41, 5.74) is 4.95. The standard InChI is InChI=1S/C25H34N4OS/c1-4-28(5-2)21-9-12-29(15-21)24(30)17-27-11-10-22-23(16-27)31-18(3)25(22)20-8-6-7-19(13-20)14-26/h6-8,13-14,21,26H,4-5,9-12,15-17H2,1-3H3/p+1. The number of nitrogens with zero attached hydrogens (tertiary/aromatic N) is 2. The molecule has 2 N–H and O–H groups in total. The number of likely N-dealkylation sites (tertiary alicyclic amines) is 1. The molecule has 0 bridgehead atoms. The van der Waals surface area contributed by atoms with E-state index in [1.165, 1.54) is 32.7 Å². The monoisotopic (exact) mass is 439 g/mol. The summed E-state index contributed by atoms with van der Waals surface area (Å²) in [5, 5.41) is 7.56. The summed E-state index contributed by atoms with van der Waals surface area (Å²) < 4.78 is 0. The molecular formula is C25H35N4OS+. The SMILES string of the molecule is CCN(CC)C1CC[NH+](C(=O)CN2CCc3c(sc(C)c3-c3cccc(C=N)c3)C2)C1. The maximum Gasteiger partial charge on any atom is 0.326 e. The Morgan fingerprint density at radius 3 is 2.90 bits per heavy atom. The van der Waals surface area contributed by atoms with Crippen molar-refractivity contribution in [1.29, 1.82) is 5.41 Å². The van der Waals surface area contributed by atoms with Crippen LogP contribution < -0.4 is 4.90 Å². The second-order valence-electron chi connectivity index (χ2n) is 8.81. The van der Waals surface area contributed by atoms with Crippen LogP contribution in [0.5, 0.6) is 0 Å². The molecule has 0 saturated carbocycles. The third-order valence-corrected chi connectivity index (χ3v) is 8.14. The van der Waals surface area contributed by atoms with E-state index in [9.17, 15) is 4.79 Å². The van der Waals surface area contributed by atoms with E-state index in [4.69, 9.17) is 5.41 Å². The number of hydrogen-bond donors (Lipinski definition) is 2. The molecule has 3 heterocycles. The molecule has 2 unspecified atom stereocenters. The number of fused-ring (bicyclic) bond motifs is 1. The predicted molar refractivity (Wildman–Crippen MR) is 128 cm³/mol. The lowest BCUT2D eigenvalue weighted by molar-refractivity contribution is -0.807. The normalized spacial score (nSPS) is 21.4. The van der Waals surface area contributed by atoms with E-state index in [1.54, 1.807) is 0 Å². The van der Waals surface area contributed by atoms with Crippen LogP contribution in [0.3, 0.4) is 0 Å². The quantitative estimate of drug-likeness (QED) is 0.652. The van der Waals surface area contributed by atoms with Crippen molar-refractivity contribution in [2.24, 2.45) is 0 Å². The van der Waals surface area contributed by atoms with Crippen molar-refractivity contribution in [3.63, 3.8) is 0 Å². The molecule has 2 aliphatic heterocycles. The van der Waals surface area contributed by atoms with Crippen LogP contribution in [0.2, 0.25) is 0 Å². The first-order chi connectivity index (χ1) is 15.0. The molecule has 31 heavy (non-hydrogen) atoms. The summed E-state index contributed by atoms with van der Waals surface area (Å²) in [5.74, 6) is 0.366. The zero-order valence-corrected chi connectivity index (χ0v) is 19.9. The number of hydrogen-bond acceptors (Lipinski definition) is 5. The van der Waals surface area contributed by atoms with Crippen molar-refractivity contribution in [2.45, 2.75) is 46.2 Å². The Morgan fingerprint density at radius 2 is 2.16 bits per heavy atom. The van der Waals surface area contributed by atoms with Gasteiger partial charge in [0.25, 0.3) is 0 Å². The van der Waals surface area contributed by atoms with Crippen LogP contribution >= 0.6 is 11.3 Å². The van der Waals surface area contributed by atoms with Crippen LogP contribution in [0.15, 0.2) is 24.3 Å². The molecule has 2 atom stereocenters. The fraction of sp³-hybridized carbons (Fsp3) is 0.520. The van der Waals surface area contributed by atoms with Crippen LogP contribution in [0, 0.1) is 12.3 Å². The minimum absolute atomic E-state index is 0.366. The molecular weight excluding hydrogens is 404 g/mol. The van der Waals surface area contributed by atoms with Crippen LogP contribution in [-0.2, 0) is 17.8 Å². The van der Waals surface area contributed by atoms with Gasteiger partial charge in [-0.25, -0.2) is 4.79 Å². The number of amides is 1. The van der Waals surface area contributed by atoms with Crippen molar-refractivity contribution in [3.05, 3.63) is 45.1 Å². The Labute approximate surface area is 190 Å². The smallest absolute Gasteiger partial charge is 0.308 e. The van der Waals surface area contributed by atoms with Crippen molar-refractivity contribution >= 4 is 23.5 Å². The number of carbonyl (C=O) groups is 1. The molecule has 1 aromatic heterocycles. The summed E-state index contributed by atoms with van der Waals surface area (Å²) in [7, 11) is 0. The van der Waals surface area contributed by atoms with Gasteiger partial charge in [0.15, 0.2) is 0 Å². The highest BCUT2D eigenvalue weighted by molar-refractivity contribution is 7.12. The van der Waals surface area contributed by atoms with Crippen LogP contribution in [0.1, 0.15) is 41.1 Å². The highest BCUT2D eigenvalue weighted by Crippen LogP contribution is 2.39. The average Bonchev–Trinajstić information content (AvgIpc) is 3.38. The lowest BCUT2D eigenvalue weighted by Gasteiger charge is -2.27. The Morgan fingerprint density at radius 1 is 1.35 bits per heavy atom. The first-order valence-corrected chi connectivity index (χ1v) is 12.4. The molecule has 1 fully saturated rings. The molecule has 4 rings (SSSR count). The number of thiophene rings is 1. The lowest BCUT2D eigenvalue weighted by atomic mass is 9.95. The molecule has 0 radical (unpaired) electrons. The Bertz CT molecular complexity index is 949. The topological polar surface area (TPSA) is 51.8 Å². The van der Waals surface area contributed by atoms with Gasteiger partial charge in [-0.15, -0.1) is 11.3 Å². The highest BCUT2D eigenvalue weighted by atomic mass is 32.1. The Hall–Kier alpha value is -1.86. The van der Waals surface area contributed by atoms with Gasteiger partial charge in [-0.2, -0.15) is 0 Å². The number of rotatable bonds is 7. The van der Waals surface area contributed by atoms with E-state index in [-0.39, 0.29) is 0 Å². The third kappa shape index (κ3) is 4.67. The molecule has 2 aliphatic rings. The van der Waals surface area contributed by atoms with Crippen molar-refractivity contribution < 1.29 is 9.69 Å². The number of aryl methyl sites for hydroxylation is 1. The molecule has 0 aliphatic carbocycles. The third-order valence-electron chi connectivity index (χ3n) is 7.01. The second-order valence-corrected chi connectivity index (χ2v) is 10.1. The van der Waals surface area contributed by atoms with Gasteiger partial charge in [-0.3, -0.25) is 14.7 Å². The molecule has 6 heteroatoms. The van der Waals surface area contributed by atoms with Gasteiger partial charge in [0.2, 0.25) is 0 Å². The van der Waals surface area contributed by atoms with E-state index >= 15 is 0 Å². The molecule has 2 aromatic rings. The maximum absolute atomic E-state index is 13.0. The van der Waals surface area contributed by atoms with Gasteiger partial charge >= 0.3 is 5.91 Å². The van der Waals surface area contributed by atoms with Crippen LogP contribution in [0.4, 0.5) is 0 Å². The van der Waals surface area contributed by atoms with Gasteiger partial charge in [-0.05, 0) is 54.8 Å². The average molecular weight is 440 g/mol. The van der Waals surface area contributed by atoms with Crippen LogP contribution in [-0.4, -0.2) is 67.2 Å². The summed E-state index contributed by atoms with van der Waals surface area (Å²) in [6, 6.07) is 8.84. The van der Waals surface area contributed by atoms with E-state index in [0.29, 0.717) is 18.5 Å². The molecule has 1 saturated heterocycles. The number of carbonyl (C=O) groups excluding carboxylic acids is 1. The fourth-order valence-electron chi connectivity index (χ4n) is 5.34. The predicted octanol–water partition coefficient (Wildman–Crippen LogP) is 2.60. The summed E-state index contributed by atoms with van der Waals surface area (Å²) in [6.45, 7) is 13.1. The Balaban J connectivity index is 1.42. The second kappa shape index (κ2) is 9.74. The van der Waals surface area contributed by atoms with E-state index < -0.39 is 0 Å². The molecule has 166 valence electrons. The zero-order valence-electron chi connectivity index (χ0n) is 19.0. The van der Waals surface area contributed by atoms with E-state index in [1.807, 2.05) is 23.5 Å². The van der Waals surface area contributed by atoms with Gasteiger partial charge in [0, 0.05) is 35.5 Å². The van der Waals surface area contributed by atoms with Crippen molar-refractivity contribution in [3.8, 4) is 11.1 Å². The van der Waals surface area contributed by atoms with Crippen LogP contribution in [0.25, 0.3) is 11.1 Å². The minimum Gasteiger partial charge on any atom is -0.308 e. The lowest BCUT2D eigenvalue weighted by Crippen LogP contribution is -3.14. The minimum atomic E-state index is 0.366. The molecule has 5 nitrogen and oxygen atoms in total. The maximum atomic E-state index is 13.0. The number of benzene rings is 1. The summed E-state index contributed by atoms with van der Waals surface area (Å²) in [6.07, 6.45) is 3.54. The van der Waals surface area contributed by atoms with Gasteiger partial charge in [0.1, 0.15) is 13.1 Å². The van der Waals surface area contributed by atoms with E-state index in [0.717, 1.165) is 62.6 Å². The summed E-state index contributed by atoms with van der Waals surface area (Å²) in [4.78, 5) is 21.8. The van der Waals surface area contributed by atoms with E-state index in [2.05, 4.69) is 42.7 Å². The fourth-order valence-corrected chi connectivity index (χ4v) is 6.63. The first kappa shape index (κ1) is 22.3. The van der Waals surface area contributed by atoms with Crippen molar-refractivity contribution in [2.75, 3.05) is 39.3 Å². The van der Waals surface area contributed by atoms with Crippen molar-refractivity contribution in [1.82, 2.24) is 9.80 Å². The van der Waals surface area contributed by atoms with Gasteiger partial charge < -0.3 is 5.41 Å². The molecule has 0 spiro atoms.